The minimum absolute atomic E-state index is 0.0952. The van der Waals surface area contributed by atoms with Crippen LogP contribution >= 0.6 is 0 Å². The van der Waals surface area contributed by atoms with Crippen LogP contribution in [0.3, 0.4) is 0 Å². The van der Waals surface area contributed by atoms with Crippen molar-refractivity contribution in [3.8, 4) is 5.75 Å². The number of carbonyl (C=O) groups excluding carboxylic acids is 2. The molecular weight excluding hydrogens is 328 g/mol. The van der Waals surface area contributed by atoms with E-state index in [0.29, 0.717) is 18.7 Å². The zero-order chi connectivity index (χ0) is 17.9. The molecule has 4 rings (SSSR count). The van der Waals surface area contributed by atoms with Crippen molar-refractivity contribution < 1.29 is 14.3 Å². The van der Waals surface area contributed by atoms with E-state index >= 15 is 0 Å². The van der Waals surface area contributed by atoms with Gasteiger partial charge in [0.05, 0.1) is 6.61 Å². The van der Waals surface area contributed by atoms with Gasteiger partial charge >= 0.3 is 0 Å². The Morgan fingerprint density at radius 2 is 2.00 bits per heavy atom. The molecule has 0 radical (unpaired) electrons. The Hall–Kier alpha value is -2.82. The summed E-state index contributed by atoms with van der Waals surface area (Å²) in [6.07, 6.45) is 3.94. The Bertz CT molecular complexity index is 843. The number of benzene rings is 2. The minimum atomic E-state index is -0.108. The largest absolute Gasteiger partial charge is 0.493 e. The van der Waals surface area contributed by atoms with Crippen LogP contribution in [0.1, 0.15) is 40.7 Å². The molecule has 0 unspecified atom stereocenters. The summed E-state index contributed by atoms with van der Waals surface area (Å²) in [7, 11) is 0. The van der Waals surface area contributed by atoms with Gasteiger partial charge in [0.15, 0.2) is 0 Å². The van der Waals surface area contributed by atoms with Crippen molar-refractivity contribution in [2.24, 2.45) is 5.92 Å². The first-order chi connectivity index (χ1) is 12.7. The van der Waals surface area contributed by atoms with Gasteiger partial charge in [0.25, 0.3) is 5.91 Å². The van der Waals surface area contributed by atoms with Crippen LogP contribution in [-0.2, 0) is 17.8 Å². The van der Waals surface area contributed by atoms with Gasteiger partial charge < -0.3 is 15.4 Å². The lowest BCUT2D eigenvalue weighted by atomic mass is 9.85. The first-order valence-corrected chi connectivity index (χ1v) is 9.13. The quantitative estimate of drug-likeness (QED) is 0.869. The van der Waals surface area contributed by atoms with E-state index in [4.69, 9.17) is 4.74 Å². The average molecular weight is 350 g/mol. The third-order valence-electron chi connectivity index (χ3n) is 5.08. The van der Waals surface area contributed by atoms with Gasteiger partial charge in [-0.25, -0.2) is 0 Å². The Kier molecular flexibility index (Phi) is 4.61. The molecule has 1 heterocycles. The maximum Gasteiger partial charge on any atom is 0.251 e. The Morgan fingerprint density at radius 3 is 2.81 bits per heavy atom. The number of carbonyl (C=O) groups is 2. The summed E-state index contributed by atoms with van der Waals surface area (Å²) >= 11 is 0. The molecule has 2 aromatic rings. The van der Waals surface area contributed by atoms with E-state index in [1.54, 1.807) is 6.07 Å². The molecule has 134 valence electrons. The third kappa shape index (κ3) is 3.57. The highest BCUT2D eigenvalue weighted by Gasteiger charge is 2.25. The number of hydrogen-bond donors (Lipinski definition) is 2. The van der Waals surface area contributed by atoms with E-state index in [2.05, 4.69) is 10.6 Å². The lowest BCUT2D eigenvalue weighted by molar-refractivity contribution is -0.122. The Morgan fingerprint density at radius 1 is 1.12 bits per heavy atom. The molecule has 5 nitrogen and oxygen atoms in total. The number of rotatable bonds is 5. The van der Waals surface area contributed by atoms with E-state index in [-0.39, 0.29) is 17.7 Å². The number of nitrogens with one attached hydrogen (secondary N) is 2. The molecule has 2 aliphatic rings. The monoisotopic (exact) mass is 350 g/mol. The fraction of sp³-hybridized carbons (Fsp3) is 0.333. The third-order valence-corrected chi connectivity index (χ3v) is 5.08. The van der Waals surface area contributed by atoms with Gasteiger partial charge in [-0.3, -0.25) is 9.59 Å². The molecule has 2 amide bonds. The molecule has 1 saturated carbocycles. The smallest absolute Gasteiger partial charge is 0.251 e. The van der Waals surface area contributed by atoms with Crippen LogP contribution in [0.5, 0.6) is 5.75 Å². The highest BCUT2D eigenvalue weighted by Crippen LogP contribution is 2.28. The molecule has 1 fully saturated rings. The summed E-state index contributed by atoms with van der Waals surface area (Å²) in [5.74, 6) is 1.01. The van der Waals surface area contributed by atoms with Crippen molar-refractivity contribution in [1.29, 1.82) is 0 Å². The molecule has 26 heavy (non-hydrogen) atoms. The lowest BCUT2D eigenvalue weighted by Gasteiger charge is -2.24. The van der Waals surface area contributed by atoms with Crippen LogP contribution in [0.15, 0.2) is 42.5 Å². The van der Waals surface area contributed by atoms with E-state index in [1.165, 1.54) is 0 Å². The molecule has 1 aliphatic heterocycles. The molecule has 1 aliphatic carbocycles. The highest BCUT2D eigenvalue weighted by molar-refractivity contribution is 5.95. The fourth-order valence-electron chi connectivity index (χ4n) is 3.29. The van der Waals surface area contributed by atoms with Crippen LogP contribution in [0.2, 0.25) is 0 Å². The predicted molar refractivity (Wildman–Crippen MR) is 99.2 cm³/mol. The van der Waals surface area contributed by atoms with E-state index in [9.17, 15) is 9.59 Å². The minimum Gasteiger partial charge on any atom is -0.493 e. The summed E-state index contributed by atoms with van der Waals surface area (Å²) in [6, 6.07) is 13.2. The van der Waals surface area contributed by atoms with Crippen molar-refractivity contribution >= 4 is 17.5 Å². The van der Waals surface area contributed by atoms with Crippen molar-refractivity contribution in [1.82, 2.24) is 5.32 Å². The second kappa shape index (κ2) is 7.20. The second-order valence-corrected chi connectivity index (χ2v) is 6.92. The average Bonchev–Trinajstić information content (AvgIpc) is 3.06. The van der Waals surface area contributed by atoms with Crippen LogP contribution in [0.25, 0.3) is 0 Å². The molecule has 0 aromatic heterocycles. The first kappa shape index (κ1) is 16.6. The Labute approximate surface area is 152 Å². The fourth-order valence-corrected chi connectivity index (χ4v) is 3.29. The number of ether oxygens (including phenoxy) is 1. The normalized spacial score (nSPS) is 15.5. The number of hydrogen-bond acceptors (Lipinski definition) is 3. The van der Waals surface area contributed by atoms with Gasteiger partial charge in [-0.15, -0.1) is 0 Å². The van der Waals surface area contributed by atoms with Gasteiger partial charge in [0.2, 0.25) is 5.91 Å². The predicted octanol–water partition coefficient (Wildman–Crippen LogP) is 3.29. The van der Waals surface area contributed by atoms with Crippen LogP contribution in [0, 0.1) is 5.92 Å². The summed E-state index contributed by atoms with van der Waals surface area (Å²) in [4.78, 5) is 24.5. The summed E-state index contributed by atoms with van der Waals surface area (Å²) in [5, 5.41) is 5.91. The molecule has 5 heteroatoms. The Balaban J connectivity index is 1.36. The van der Waals surface area contributed by atoms with Crippen molar-refractivity contribution in [3.05, 3.63) is 59.2 Å². The highest BCUT2D eigenvalue weighted by atomic mass is 16.5. The first-order valence-electron chi connectivity index (χ1n) is 9.13. The van der Waals surface area contributed by atoms with Gasteiger partial charge in [-0.2, -0.15) is 0 Å². The molecule has 2 aromatic carbocycles. The SMILES string of the molecule is O=C(NCc1cccc(NC(=O)C2CCC2)c1)c1ccc2c(c1)CCO2. The van der Waals surface area contributed by atoms with Crippen molar-refractivity contribution in [2.75, 3.05) is 11.9 Å². The van der Waals surface area contributed by atoms with Crippen molar-refractivity contribution in [3.63, 3.8) is 0 Å². The second-order valence-electron chi connectivity index (χ2n) is 6.92. The topological polar surface area (TPSA) is 67.4 Å². The maximum absolute atomic E-state index is 12.4. The molecule has 0 atom stereocenters. The summed E-state index contributed by atoms with van der Waals surface area (Å²) in [5.41, 5.74) is 3.46. The summed E-state index contributed by atoms with van der Waals surface area (Å²) in [6.45, 7) is 1.10. The molecule has 0 bridgehead atoms. The zero-order valence-corrected chi connectivity index (χ0v) is 14.6. The van der Waals surface area contributed by atoms with Crippen molar-refractivity contribution in [2.45, 2.75) is 32.2 Å². The van der Waals surface area contributed by atoms with Gasteiger partial charge in [0, 0.05) is 30.1 Å². The molecular formula is C21H22N2O3. The molecule has 0 saturated heterocycles. The summed E-state index contributed by atoms with van der Waals surface area (Å²) < 4.78 is 5.47. The number of anilines is 1. The van der Waals surface area contributed by atoms with Gasteiger partial charge in [-0.05, 0) is 54.3 Å². The maximum atomic E-state index is 12.4. The van der Waals surface area contributed by atoms with E-state index in [0.717, 1.165) is 48.2 Å². The molecule has 2 N–H and O–H groups in total. The van der Waals surface area contributed by atoms with Crippen LogP contribution in [0.4, 0.5) is 5.69 Å². The molecule has 0 spiro atoms. The number of amides is 2. The standard InChI is InChI=1S/C21H22N2O3/c24-20(17-7-8-19-16(12-17)9-10-26-19)22-13-14-3-1-6-18(11-14)23-21(25)15-4-2-5-15/h1,3,6-8,11-12,15H,2,4-5,9-10,13H2,(H,22,24)(H,23,25). The van der Waals surface area contributed by atoms with Crippen LogP contribution < -0.4 is 15.4 Å². The lowest BCUT2D eigenvalue weighted by Crippen LogP contribution is -2.28. The van der Waals surface area contributed by atoms with Gasteiger partial charge in [0.1, 0.15) is 5.75 Å². The van der Waals surface area contributed by atoms with E-state index < -0.39 is 0 Å². The van der Waals surface area contributed by atoms with E-state index in [1.807, 2.05) is 36.4 Å². The number of fused-ring (bicyclic) bond motifs is 1. The zero-order valence-electron chi connectivity index (χ0n) is 14.6. The van der Waals surface area contributed by atoms with Crippen LogP contribution in [-0.4, -0.2) is 18.4 Å². The van der Waals surface area contributed by atoms with Gasteiger partial charge in [-0.1, -0.05) is 18.6 Å².